The van der Waals surface area contributed by atoms with Gasteiger partial charge in [-0.2, -0.15) is 0 Å². The summed E-state index contributed by atoms with van der Waals surface area (Å²) < 4.78 is 0. The van der Waals surface area contributed by atoms with Crippen LogP contribution in [0.3, 0.4) is 0 Å². The van der Waals surface area contributed by atoms with Gasteiger partial charge < -0.3 is 15.3 Å². The van der Waals surface area contributed by atoms with Crippen molar-refractivity contribution >= 4 is 5.97 Å². The van der Waals surface area contributed by atoms with E-state index >= 15 is 0 Å². The molecule has 14 heavy (non-hydrogen) atoms. The molecule has 0 heterocycles. The summed E-state index contributed by atoms with van der Waals surface area (Å²) >= 11 is 0. The average Bonchev–Trinajstić information content (AvgIpc) is 2.17. The second-order valence-electron chi connectivity index (χ2n) is 2.63. The third-order valence-corrected chi connectivity index (χ3v) is 1.36. The number of carbonyl (C=O) groups is 1. The van der Waals surface area contributed by atoms with Crippen molar-refractivity contribution in [1.82, 2.24) is 0 Å². The van der Waals surface area contributed by atoms with E-state index in [-0.39, 0.29) is 6.61 Å². The van der Waals surface area contributed by atoms with Gasteiger partial charge in [-0.15, -0.1) is 0 Å². The first-order valence-electron chi connectivity index (χ1n) is 4.11. The van der Waals surface area contributed by atoms with E-state index in [1.807, 2.05) is 18.2 Å². The van der Waals surface area contributed by atoms with Gasteiger partial charge in [0.2, 0.25) is 0 Å². The minimum absolute atomic E-state index is 0.218. The van der Waals surface area contributed by atoms with Crippen LogP contribution in [0.25, 0.3) is 0 Å². The van der Waals surface area contributed by atoms with Gasteiger partial charge in [0.1, 0.15) is 6.10 Å². The van der Waals surface area contributed by atoms with Crippen LogP contribution in [0.15, 0.2) is 30.3 Å². The Labute approximate surface area is 82.4 Å². The molecule has 4 nitrogen and oxygen atoms in total. The number of aliphatic carboxylic acids is 1. The SMILES string of the molecule is CC(=O)O.OCC(O)c1ccccc1. The summed E-state index contributed by atoms with van der Waals surface area (Å²) in [5.41, 5.74) is 0.755. The second-order valence-corrected chi connectivity index (χ2v) is 2.63. The predicted octanol–water partition coefficient (Wildman–Crippen LogP) is 0.803. The van der Waals surface area contributed by atoms with Crippen LogP contribution in [0.2, 0.25) is 0 Å². The zero-order valence-corrected chi connectivity index (χ0v) is 7.92. The molecular formula is C10H14O4. The third kappa shape index (κ3) is 6.16. The molecule has 78 valence electrons. The Balaban J connectivity index is 0.000000364. The van der Waals surface area contributed by atoms with Gasteiger partial charge in [0, 0.05) is 6.92 Å². The fraction of sp³-hybridized carbons (Fsp3) is 0.300. The molecule has 1 unspecified atom stereocenters. The Morgan fingerprint density at radius 1 is 1.36 bits per heavy atom. The molecule has 0 radical (unpaired) electrons. The minimum Gasteiger partial charge on any atom is -0.481 e. The Morgan fingerprint density at radius 2 is 1.79 bits per heavy atom. The monoisotopic (exact) mass is 198 g/mol. The van der Waals surface area contributed by atoms with E-state index in [1.54, 1.807) is 12.1 Å². The van der Waals surface area contributed by atoms with Gasteiger partial charge in [-0.3, -0.25) is 4.79 Å². The van der Waals surface area contributed by atoms with Crippen LogP contribution in [0.5, 0.6) is 0 Å². The first kappa shape index (κ1) is 12.6. The van der Waals surface area contributed by atoms with Crippen molar-refractivity contribution in [2.75, 3.05) is 6.61 Å². The maximum Gasteiger partial charge on any atom is 0.300 e. The number of carboxylic acids is 1. The van der Waals surface area contributed by atoms with Crippen molar-refractivity contribution < 1.29 is 20.1 Å². The van der Waals surface area contributed by atoms with Crippen LogP contribution in [-0.4, -0.2) is 27.9 Å². The first-order chi connectivity index (χ1) is 6.57. The zero-order chi connectivity index (χ0) is 11.0. The number of rotatable bonds is 2. The fourth-order valence-corrected chi connectivity index (χ4v) is 0.781. The first-order valence-corrected chi connectivity index (χ1v) is 4.11. The highest BCUT2D eigenvalue weighted by Gasteiger charge is 2.02. The third-order valence-electron chi connectivity index (χ3n) is 1.36. The summed E-state index contributed by atoms with van der Waals surface area (Å²) in [5, 5.41) is 25.0. The number of hydrogen-bond donors (Lipinski definition) is 3. The number of hydrogen-bond acceptors (Lipinski definition) is 3. The van der Waals surface area contributed by atoms with Gasteiger partial charge in [0.25, 0.3) is 5.97 Å². The lowest BCUT2D eigenvalue weighted by Crippen LogP contribution is -2.01. The van der Waals surface area contributed by atoms with Crippen molar-refractivity contribution in [1.29, 1.82) is 0 Å². The smallest absolute Gasteiger partial charge is 0.300 e. The van der Waals surface area contributed by atoms with E-state index in [4.69, 9.17) is 20.1 Å². The van der Waals surface area contributed by atoms with Gasteiger partial charge in [-0.1, -0.05) is 30.3 Å². The minimum atomic E-state index is -0.833. The molecule has 0 aliphatic rings. The standard InChI is InChI=1S/C8H10O2.C2H4O2/c9-6-8(10)7-4-2-1-3-5-7;1-2(3)4/h1-5,8-10H,6H2;1H3,(H,3,4). The summed E-state index contributed by atoms with van der Waals surface area (Å²) in [6.45, 7) is 0.865. The molecule has 0 amide bonds. The van der Waals surface area contributed by atoms with Crippen LogP contribution in [0.1, 0.15) is 18.6 Å². The topological polar surface area (TPSA) is 77.8 Å². The maximum atomic E-state index is 9.08. The molecule has 0 saturated carbocycles. The lowest BCUT2D eigenvalue weighted by molar-refractivity contribution is -0.134. The molecule has 0 aliphatic carbocycles. The lowest BCUT2D eigenvalue weighted by Gasteiger charge is -2.05. The van der Waals surface area contributed by atoms with Crippen LogP contribution in [0, 0.1) is 0 Å². The molecule has 0 saturated heterocycles. The molecule has 1 atom stereocenters. The fourth-order valence-electron chi connectivity index (χ4n) is 0.781. The molecule has 0 aliphatic heterocycles. The predicted molar refractivity (Wildman–Crippen MR) is 51.8 cm³/mol. The van der Waals surface area contributed by atoms with E-state index in [9.17, 15) is 0 Å². The quantitative estimate of drug-likeness (QED) is 0.657. The molecule has 0 spiro atoms. The Hall–Kier alpha value is -1.39. The molecule has 1 aromatic rings. The van der Waals surface area contributed by atoms with Crippen LogP contribution in [0.4, 0.5) is 0 Å². The van der Waals surface area contributed by atoms with E-state index in [0.29, 0.717) is 0 Å². The summed E-state index contributed by atoms with van der Waals surface area (Å²) in [6.07, 6.45) is -0.735. The van der Waals surface area contributed by atoms with E-state index in [0.717, 1.165) is 12.5 Å². The molecule has 1 rings (SSSR count). The van der Waals surface area contributed by atoms with E-state index < -0.39 is 12.1 Å². The Bertz CT molecular complexity index is 254. The van der Waals surface area contributed by atoms with Gasteiger partial charge >= 0.3 is 0 Å². The summed E-state index contributed by atoms with van der Waals surface area (Å²) in [4.78, 5) is 9.00. The molecule has 1 aromatic carbocycles. The largest absolute Gasteiger partial charge is 0.481 e. The van der Waals surface area contributed by atoms with Gasteiger partial charge in [-0.05, 0) is 5.56 Å². The highest BCUT2D eigenvalue weighted by molar-refractivity contribution is 5.62. The molecule has 0 bridgehead atoms. The Morgan fingerprint density at radius 3 is 2.14 bits per heavy atom. The van der Waals surface area contributed by atoms with Gasteiger partial charge in [0.05, 0.1) is 6.61 Å². The normalized spacial score (nSPS) is 11.1. The van der Waals surface area contributed by atoms with Gasteiger partial charge in [0.15, 0.2) is 0 Å². The highest BCUT2D eigenvalue weighted by atomic mass is 16.4. The number of aliphatic hydroxyl groups is 2. The van der Waals surface area contributed by atoms with Crippen LogP contribution in [-0.2, 0) is 4.79 Å². The summed E-state index contributed by atoms with van der Waals surface area (Å²) in [7, 11) is 0. The number of benzene rings is 1. The van der Waals surface area contributed by atoms with Gasteiger partial charge in [-0.25, -0.2) is 0 Å². The van der Waals surface area contributed by atoms with E-state index in [1.165, 1.54) is 0 Å². The maximum absolute atomic E-state index is 9.08. The van der Waals surface area contributed by atoms with Crippen LogP contribution >= 0.6 is 0 Å². The van der Waals surface area contributed by atoms with Crippen LogP contribution < -0.4 is 0 Å². The summed E-state index contributed by atoms with van der Waals surface area (Å²) in [6, 6.07) is 9.08. The highest BCUT2D eigenvalue weighted by Crippen LogP contribution is 2.09. The second kappa shape index (κ2) is 7.06. The van der Waals surface area contributed by atoms with Crippen molar-refractivity contribution in [3.63, 3.8) is 0 Å². The van der Waals surface area contributed by atoms with Crippen molar-refractivity contribution in [2.45, 2.75) is 13.0 Å². The molecule has 0 fully saturated rings. The lowest BCUT2D eigenvalue weighted by atomic mass is 10.1. The number of aliphatic hydroxyl groups excluding tert-OH is 2. The molecule has 0 aromatic heterocycles. The van der Waals surface area contributed by atoms with E-state index in [2.05, 4.69) is 0 Å². The number of carboxylic acid groups (broad SMARTS) is 1. The molecule has 4 heteroatoms. The van der Waals surface area contributed by atoms with Crippen molar-refractivity contribution in [3.05, 3.63) is 35.9 Å². The van der Waals surface area contributed by atoms with Crippen molar-refractivity contribution in [3.8, 4) is 0 Å². The Kier molecular flexibility index (Phi) is 6.36. The zero-order valence-electron chi connectivity index (χ0n) is 7.92. The summed E-state index contributed by atoms with van der Waals surface area (Å²) in [5.74, 6) is -0.833. The molecular weight excluding hydrogens is 184 g/mol. The average molecular weight is 198 g/mol. The molecule has 3 N–H and O–H groups in total. The van der Waals surface area contributed by atoms with Crippen molar-refractivity contribution in [2.24, 2.45) is 0 Å².